The Kier molecular flexibility index (Phi) is 6.94. The summed E-state index contributed by atoms with van der Waals surface area (Å²) in [5.41, 5.74) is 6.87. The van der Waals surface area contributed by atoms with E-state index in [0.717, 1.165) is 60.5 Å². The minimum Gasteiger partial charge on any atom is -0.349 e. The van der Waals surface area contributed by atoms with Gasteiger partial charge in [-0.2, -0.15) is 0 Å². The lowest BCUT2D eigenvalue weighted by atomic mass is 10.0. The zero-order chi connectivity index (χ0) is 24.4. The number of piperidine rings is 1. The molecule has 1 aliphatic heterocycles. The number of carbonyl (C=O) groups excluding carboxylic acids is 1. The average Bonchev–Trinajstić information content (AvgIpc) is 3.11. The smallest absolute Gasteiger partial charge is 0.251 e. The van der Waals surface area contributed by atoms with Crippen molar-refractivity contribution in [3.05, 3.63) is 106 Å². The van der Waals surface area contributed by atoms with Crippen molar-refractivity contribution in [3.8, 4) is 0 Å². The maximum absolute atomic E-state index is 13.1. The van der Waals surface area contributed by atoms with Crippen molar-refractivity contribution < 1.29 is 4.79 Å². The van der Waals surface area contributed by atoms with Crippen molar-refractivity contribution in [2.75, 3.05) is 13.1 Å². The standard InChI is InChI=1S/C30H32ClN3O/c1-21-22(2)34(20-24-8-11-26(31)12-9-24)29-13-10-25(18-28(21)29)30(35)32-27-14-16-33(17-15-27)19-23-6-4-3-5-7-23/h3-13,18,27H,14-17,19-20H2,1-2H3,(H,32,35). The quantitative estimate of drug-likeness (QED) is 0.345. The minimum absolute atomic E-state index is 0.0240. The molecule has 4 aromatic rings. The van der Waals surface area contributed by atoms with Crippen molar-refractivity contribution in [1.29, 1.82) is 0 Å². The van der Waals surface area contributed by atoms with Gasteiger partial charge < -0.3 is 9.88 Å². The van der Waals surface area contributed by atoms with Crippen LogP contribution in [0.4, 0.5) is 0 Å². The van der Waals surface area contributed by atoms with Crippen LogP contribution in [0.5, 0.6) is 0 Å². The fourth-order valence-electron chi connectivity index (χ4n) is 5.11. The average molecular weight is 486 g/mol. The molecule has 180 valence electrons. The molecule has 1 amide bonds. The summed E-state index contributed by atoms with van der Waals surface area (Å²) in [5.74, 6) is 0.0240. The first-order valence-electron chi connectivity index (χ1n) is 12.4. The molecule has 0 aliphatic carbocycles. The summed E-state index contributed by atoms with van der Waals surface area (Å²) in [4.78, 5) is 15.6. The van der Waals surface area contributed by atoms with Gasteiger partial charge in [0.1, 0.15) is 0 Å². The molecular weight excluding hydrogens is 454 g/mol. The van der Waals surface area contributed by atoms with E-state index < -0.39 is 0 Å². The molecule has 1 aromatic heterocycles. The molecule has 5 rings (SSSR count). The second-order valence-corrected chi connectivity index (χ2v) is 10.1. The number of aromatic nitrogens is 1. The number of hydrogen-bond acceptors (Lipinski definition) is 2. The Labute approximate surface area is 212 Å². The highest BCUT2D eigenvalue weighted by atomic mass is 35.5. The predicted octanol–water partition coefficient (Wildman–Crippen LogP) is 6.35. The van der Waals surface area contributed by atoms with Crippen molar-refractivity contribution in [3.63, 3.8) is 0 Å². The minimum atomic E-state index is 0.0240. The lowest BCUT2D eigenvalue weighted by Gasteiger charge is -2.32. The number of rotatable bonds is 6. The molecule has 1 saturated heterocycles. The van der Waals surface area contributed by atoms with Crippen LogP contribution in [0.1, 0.15) is 45.6 Å². The third kappa shape index (κ3) is 5.29. The molecule has 1 aliphatic rings. The highest BCUT2D eigenvalue weighted by molar-refractivity contribution is 6.30. The van der Waals surface area contributed by atoms with Crippen molar-refractivity contribution in [2.24, 2.45) is 0 Å². The highest BCUT2D eigenvalue weighted by Gasteiger charge is 2.22. The Bertz CT molecular complexity index is 1320. The summed E-state index contributed by atoms with van der Waals surface area (Å²) in [6, 6.07) is 24.9. The zero-order valence-corrected chi connectivity index (χ0v) is 21.2. The van der Waals surface area contributed by atoms with Crippen LogP contribution in [-0.2, 0) is 13.1 Å². The first-order valence-corrected chi connectivity index (χ1v) is 12.8. The van der Waals surface area contributed by atoms with Gasteiger partial charge in [0.15, 0.2) is 0 Å². The number of likely N-dealkylation sites (tertiary alicyclic amines) is 1. The molecule has 2 heterocycles. The molecule has 1 fully saturated rings. The predicted molar refractivity (Wildman–Crippen MR) is 144 cm³/mol. The Morgan fingerprint density at radius 3 is 2.31 bits per heavy atom. The number of benzene rings is 3. The second kappa shape index (κ2) is 10.3. The van der Waals surface area contributed by atoms with E-state index in [1.54, 1.807) is 0 Å². The Balaban J connectivity index is 1.25. The van der Waals surface area contributed by atoms with Crippen LogP contribution in [0.15, 0.2) is 72.8 Å². The van der Waals surface area contributed by atoms with Crippen LogP contribution in [0.2, 0.25) is 5.02 Å². The van der Waals surface area contributed by atoms with E-state index in [4.69, 9.17) is 11.6 Å². The number of amides is 1. The van der Waals surface area contributed by atoms with E-state index in [1.807, 2.05) is 18.2 Å². The van der Waals surface area contributed by atoms with E-state index in [-0.39, 0.29) is 11.9 Å². The first kappa shape index (κ1) is 23.7. The van der Waals surface area contributed by atoms with Crippen molar-refractivity contribution >= 4 is 28.4 Å². The summed E-state index contributed by atoms with van der Waals surface area (Å²) < 4.78 is 2.32. The number of aryl methyl sites for hydroxylation is 1. The van der Waals surface area contributed by atoms with E-state index in [0.29, 0.717) is 0 Å². The Morgan fingerprint density at radius 2 is 1.60 bits per heavy atom. The molecule has 0 atom stereocenters. The largest absolute Gasteiger partial charge is 0.349 e. The van der Waals surface area contributed by atoms with Gasteiger partial charge in [-0.25, -0.2) is 0 Å². The lowest BCUT2D eigenvalue weighted by Crippen LogP contribution is -2.44. The Morgan fingerprint density at radius 1 is 0.914 bits per heavy atom. The molecular formula is C30H32ClN3O. The molecule has 1 N–H and O–H groups in total. The van der Waals surface area contributed by atoms with Gasteiger partial charge in [-0.3, -0.25) is 9.69 Å². The van der Waals surface area contributed by atoms with Gasteiger partial charge >= 0.3 is 0 Å². The normalized spacial score (nSPS) is 14.9. The molecule has 4 nitrogen and oxygen atoms in total. The summed E-state index contributed by atoms with van der Waals surface area (Å²) in [5, 5.41) is 5.17. The number of nitrogens with zero attached hydrogens (tertiary/aromatic N) is 2. The van der Waals surface area contributed by atoms with E-state index in [9.17, 15) is 4.79 Å². The maximum Gasteiger partial charge on any atom is 0.251 e. The summed E-state index contributed by atoms with van der Waals surface area (Å²) in [7, 11) is 0. The third-order valence-electron chi connectivity index (χ3n) is 7.33. The molecule has 35 heavy (non-hydrogen) atoms. The second-order valence-electron chi connectivity index (χ2n) is 9.66. The van der Waals surface area contributed by atoms with E-state index in [1.165, 1.54) is 22.4 Å². The van der Waals surface area contributed by atoms with Crippen molar-refractivity contribution in [2.45, 2.75) is 45.8 Å². The van der Waals surface area contributed by atoms with Gasteiger partial charge in [-0.15, -0.1) is 0 Å². The summed E-state index contributed by atoms with van der Waals surface area (Å²) in [6.45, 7) is 8.05. The van der Waals surface area contributed by atoms with Crippen LogP contribution in [0.3, 0.4) is 0 Å². The number of hydrogen-bond donors (Lipinski definition) is 1. The topological polar surface area (TPSA) is 37.3 Å². The Hall–Kier alpha value is -3.08. The van der Waals surface area contributed by atoms with Crippen LogP contribution >= 0.6 is 11.6 Å². The molecule has 0 saturated carbocycles. The summed E-state index contributed by atoms with van der Waals surface area (Å²) >= 11 is 6.05. The molecule has 0 unspecified atom stereocenters. The van der Waals surface area contributed by atoms with E-state index in [2.05, 4.69) is 83.2 Å². The van der Waals surface area contributed by atoms with Crippen LogP contribution in [0.25, 0.3) is 10.9 Å². The third-order valence-corrected chi connectivity index (χ3v) is 7.58. The highest BCUT2D eigenvalue weighted by Crippen LogP contribution is 2.28. The van der Waals surface area contributed by atoms with Gasteiger partial charge in [-0.1, -0.05) is 54.1 Å². The number of halogens is 1. The number of fused-ring (bicyclic) bond motifs is 1. The molecule has 0 radical (unpaired) electrons. The molecule has 0 bridgehead atoms. The van der Waals surface area contributed by atoms with Crippen LogP contribution in [0, 0.1) is 13.8 Å². The number of carbonyl (C=O) groups is 1. The van der Waals surface area contributed by atoms with Gasteiger partial charge in [-0.05, 0) is 73.7 Å². The van der Waals surface area contributed by atoms with Gasteiger partial charge in [0.2, 0.25) is 0 Å². The van der Waals surface area contributed by atoms with Crippen molar-refractivity contribution in [1.82, 2.24) is 14.8 Å². The molecule has 0 spiro atoms. The van der Waals surface area contributed by atoms with Gasteiger partial charge in [0, 0.05) is 59.4 Å². The molecule has 3 aromatic carbocycles. The fourth-order valence-corrected chi connectivity index (χ4v) is 5.24. The molecule has 5 heteroatoms. The van der Waals surface area contributed by atoms with E-state index >= 15 is 0 Å². The monoisotopic (exact) mass is 485 g/mol. The fraction of sp³-hybridized carbons (Fsp3) is 0.300. The number of nitrogens with one attached hydrogen (secondary N) is 1. The van der Waals surface area contributed by atoms with Gasteiger partial charge in [0.05, 0.1) is 0 Å². The zero-order valence-electron chi connectivity index (χ0n) is 20.4. The van der Waals surface area contributed by atoms with Crippen LogP contribution in [-0.4, -0.2) is 34.5 Å². The summed E-state index contributed by atoms with van der Waals surface area (Å²) in [6.07, 6.45) is 1.97. The first-order chi connectivity index (χ1) is 17.0. The van der Waals surface area contributed by atoms with Gasteiger partial charge in [0.25, 0.3) is 5.91 Å². The lowest BCUT2D eigenvalue weighted by molar-refractivity contribution is 0.0909. The van der Waals surface area contributed by atoms with Crippen LogP contribution < -0.4 is 5.32 Å². The maximum atomic E-state index is 13.1. The SMILES string of the molecule is Cc1c(C)n(Cc2ccc(Cl)cc2)c2ccc(C(=O)NC3CCN(Cc4ccccc4)CC3)cc12.